The van der Waals surface area contributed by atoms with Gasteiger partial charge in [0.1, 0.15) is 29.9 Å². The Bertz CT molecular complexity index is 2270. The van der Waals surface area contributed by atoms with E-state index >= 15 is 0 Å². The second kappa shape index (κ2) is 55.5. The molecule has 0 aromatic heterocycles. The Labute approximate surface area is 502 Å². The van der Waals surface area contributed by atoms with Gasteiger partial charge in [-0.2, -0.15) is 10.5 Å². The topological polar surface area (TPSA) is 250 Å². The molecule has 1 N–H and O–H groups in total. The highest BCUT2D eigenvalue weighted by atomic mass is 16.6. The normalized spacial score (nSPS) is 10.6. The number of carbonyl (C=O) groups excluding carboxylic acids is 2. The molecule has 0 heterocycles. The average Bonchev–Trinajstić information content (AvgIpc) is 3.41. The monoisotopic (exact) mass is 1190 g/mol. The van der Waals surface area contributed by atoms with Gasteiger partial charge in [-0.05, 0) is 29.2 Å². The fourth-order valence-corrected chi connectivity index (χ4v) is 6.96. The predicted octanol–water partition coefficient (Wildman–Crippen LogP) is 6.60. The van der Waals surface area contributed by atoms with Gasteiger partial charge >= 0.3 is 11.9 Å². The van der Waals surface area contributed by atoms with Crippen molar-refractivity contribution in [1.29, 1.82) is 10.5 Å². The van der Waals surface area contributed by atoms with Crippen LogP contribution in [0.2, 0.25) is 0 Å². The Morgan fingerprint density at radius 1 is 0.329 bits per heavy atom. The lowest BCUT2D eigenvalue weighted by atomic mass is 9.93. The van der Waals surface area contributed by atoms with Gasteiger partial charge in [-0.15, -0.1) is 0 Å². The Morgan fingerprint density at radius 3 is 0.753 bits per heavy atom. The molecule has 85 heavy (non-hydrogen) atoms. The lowest BCUT2D eigenvalue weighted by Gasteiger charge is -2.12. The zero-order chi connectivity index (χ0) is 61.1. The van der Waals surface area contributed by atoms with Crippen molar-refractivity contribution < 1.29 is 90.5 Å². The van der Waals surface area contributed by atoms with Crippen LogP contribution in [0.3, 0.4) is 0 Å². The van der Waals surface area contributed by atoms with Gasteiger partial charge in [-0.1, -0.05) is 121 Å². The Balaban J connectivity index is 0.000000474. The molecule has 4 rings (SSSR count). The highest BCUT2D eigenvalue weighted by Gasteiger charge is 2.21. The van der Waals surface area contributed by atoms with Gasteiger partial charge < -0.3 is 80.9 Å². The van der Waals surface area contributed by atoms with Crippen LogP contribution >= 0.6 is 0 Å². The van der Waals surface area contributed by atoms with Crippen LogP contribution in [0, 0.1) is 22.7 Å². The summed E-state index contributed by atoms with van der Waals surface area (Å²) in [5.41, 5.74) is 4.25. The molecule has 0 saturated carbocycles. The van der Waals surface area contributed by atoms with E-state index in [9.17, 15) is 20.1 Å². The fourth-order valence-electron chi connectivity index (χ4n) is 6.96. The van der Waals surface area contributed by atoms with Gasteiger partial charge in [0, 0.05) is 25.4 Å². The zero-order valence-corrected chi connectivity index (χ0v) is 49.7. The number of nitriles is 2. The smallest absolute Gasteiger partial charge is 0.349 e. The molecule has 0 fully saturated rings. The molecule has 0 bridgehead atoms. The van der Waals surface area contributed by atoms with E-state index in [0.29, 0.717) is 176 Å². The number of ether oxygens (including phenoxy) is 16. The van der Waals surface area contributed by atoms with Crippen molar-refractivity contribution in [3.8, 4) is 12.1 Å². The van der Waals surface area contributed by atoms with E-state index in [0.717, 1.165) is 22.3 Å². The molecule has 0 unspecified atom stereocenters. The molecule has 21 heteroatoms. The molecule has 0 aliphatic carbocycles. The summed E-state index contributed by atoms with van der Waals surface area (Å²) in [6.45, 7) is 14.9. The molecule has 0 spiro atoms. The molecular weight excluding hydrogens is 1100 g/mol. The minimum atomic E-state index is -0.688. The Kier molecular flexibility index (Phi) is 48.9. The molecule has 0 aliphatic rings. The van der Waals surface area contributed by atoms with Crippen LogP contribution in [0.5, 0.6) is 0 Å². The maximum absolute atomic E-state index is 12.7. The molecule has 4 aromatic rings. The van der Waals surface area contributed by atoms with E-state index in [4.69, 9.17) is 80.9 Å². The maximum Gasteiger partial charge on any atom is 0.349 e. The molecule has 4 aromatic carbocycles. The van der Waals surface area contributed by atoms with Crippen LogP contribution in [-0.4, -0.2) is 223 Å². The number of benzene rings is 4. The van der Waals surface area contributed by atoms with E-state index in [1.165, 1.54) is 0 Å². The first-order valence-corrected chi connectivity index (χ1v) is 28.3. The first kappa shape index (κ1) is 74.8. The molecule has 0 aliphatic heterocycles. The number of hydrogen-bond acceptors (Lipinski definition) is 21. The van der Waals surface area contributed by atoms with Crippen LogP contribution in [0.1, 0.15) is 29.2 Å². The Morgan fingerprint density at radius 2 is 0.541 bits per heavy atom. The summed E-state index contributed by atoms with van der Waals surface area (Å²) >= 11 is 0. The van der Waals surface area contributed by atoms with Gasteiger partial charge in [-0.3, -0.25) is 0 Å². The maximum atomic E-state index is 12.7. The molecule has 21 nitrogen and oxygen atoms in total. The minimum Gasteiger partial charge on any atom is -0.462 e. The molecule has 0 atom stereocenters. The third kappa shape index (κ3) is 38.4. The van der Waals surface area contributed by atoms with Crippen molar-refractivity contribution in [3.05, 3.63) is 155 Å². The SMILES string of the molecule is CCOC(=O)C(C#N)=C(c1ccccc1)c1ccccc1.COCCOCCOCCOCCOCCOCCOCCO.COCCOCCOCCOCCOCCOCCOCCOC(=O)C(C#N)=C(c1ccccc1)c1ccccc1. The van der Waals surface area contributed by atoms with Crippen LogP contribution in [0.15, 0.2) is 132 Å². The van der Waals surface area contributed by atoms with E-state index in [1.807, 2.05) is 133 Å². The van der Waals surface area contributed by atoms with Crippen molar-refractivity contribution in [2.45, 2.75) is 6.92 Å². The summed E-state index contributed by atoms with van der Waals surface area (Å²) in [6.07, 6.45) is 0. The Hall–Kier alpha value is -6.32. The molecule has 0 radical (unpaired) electrons. The zero-order valence-electron chi connectivity index (χ0n) is 49.7. The number of aliphatic hydroxyl groups excluding tert-OH is 1. The van der Waals surface area contributed by atoms with E-state index in [-0.39, 0.29) is 37.6 Å². The molecule has 0 amide bonds. The van der Waals surface area contributed by atoms with Gasteiger partial charge in [0.2, 0.25) is 0 Å². The molecule has 468 valence electrons. The molecular formula is C64H88N2O19. The summed E-state index contributed by atoms with van der Waals surface area (Å²) in [6, 6.07) is 41.4. The summed E-state index contributed by atoms with van der Waals surface area (Å²) in [5.74, 6) is -1.28. The predicted molar refractivity (Wildman–Crippen MR) is 317 cm³/mol. The number of methoxy groups -OCH3 is 2. The highest BCUT2D eigenvalue weighted by Crippen LogP contribution is 2.29. The molecule has 0 saturated heterocycles. The number of aliphatic hydroxyl groups is 1. The minimum absolute atomic E-state index is 0.0225. The third-order valence-electron chi connectivity index (χ3n) is 10.9. The summed E-state index contributed by atoms with van der Waals surface area (Å²) < 4.78 is 84.2. The lowest BCUT2D eigenvalue weighted by molar-refractivity contribution is -0.140. The quantitative estimate of drug-likeness (QED) is 0.0212. The fraction of sp³-hybridized carbons (Fsp3) is 0.500. The standard InChI is InChI=1S/C31H41NO9.C18H15NO2.C15H32O8/c1-34-12-13-35-14-15-36-16-17-37-18-19-38-20-21-39-22-23-40-24-25-41-31(33)29(26-32)30(27-8-4-2-5-9-27)28-10-6-3-7-11-28;1-2-21-18(20)16(13-19)17(14-9-5-3-6-10-14)15-11-7-4-8-12-15;1-17-4-5-19-8-9-21-12-13-23-15-14-22-11-10-20-7-6-18-3-2-16/h2-11H,12-25H2,1H3;3-12H,2H2,1H3;16H,2-15H2,1H3. The van der Waals surface area contributed by atoms with Crippen LogP contribution < -0.4 is 0 Å². The van der Waals surface area contributed by atoms with E-state index in [1.54, 1.807) is 21.1 Å². The largest absolute Gasteiger partial charge is 0.462 e. The van der Waals surface area contributed by atoms with Crippen molar-refractivity contribution in [2.24, 2.45) is 0 Å². The lowest BCUT2D eigenvalue weighted by Crippen LogP contribution is -2.16. The third-order valence-corrected chi connectivity index (χ3v) is 10.9. The second-order valence-electron chi connectivity index (χ2n) is 17.1. The first-order chi connectivity index (χ1) is 42.0. The number of hydrogen-bond donors (Lipinski definition) is 1. The average molecular weight is 1190 g/mol. The van der Waals surface area contributed by atoms with Crippen molar-refractivity contribution in [1.82, 2.24) is 0 Å². The van der Waals surface area contributed by atoms with E-state index < -0.39 is 11.9 Å². The summed E-state index contributed by atoms with van der Waals surface area (Å²) in [4.78, 5) is 24.8. The van der Waals surface area contributed by atoms with Crippen molar-refractivity contribution in [3.63, 3.8) is 0 Å². The van der Waals surface area contributed by atoms with Crippen LogP contribution in [0.4, 0.5) is 0 Å². The van der Waals surface area contributed by atoms with Crippen LogP contribution in [0.25, 0.3) is 11.1 Å². The van der Waals surface area contributed by atoms with E-state index in [2.05, 4.69) is 0 Å². The second-order valence-corrected chi connectivity index (χ2v) is 17.1. The van der Waals surface area contributed by atoms with Gasteiger partial charge in [0.25, 0.3) is 0 Å². The van der Waals surface area contributed by atoms with Gasteiger partial charge in [-0.25, -0.2) is 9.59 Å². The summed E-state index contributed by atoms with van der Waals surface area (Å²) in [7, 11) is 3.28. The number of rotatable bonds is 48. The van der Waals surface area contributed by atoms with Gasteiger partial charge in [0.05, 0.1) is 185 Å². The summed E-state index contributed by atoms with van der Waals surface area (Å²) in [5, 5.41) is 27.7. The number of carbonyl (C=O) groups is 2. The van der Waals surface area contributed by atoms with Crippen LogP contribution in [-0.2, 0) is 85.4 Å². The highest BCUT2D eigenvalue weighted by molar-refractivity contribution is 6.06. The number of nitrogens with zero attached hydrogens (tertiary/aromatic N) is 2. The number of esters is 2. The first-order valence-electron chi connectivity index (χ1n) is 28.3. The van der Waals surface area contributed by atoms with Crippen molar-refractivity contribution >= 4 is 23.1 Å². The van der Waals surface area contributed by atoms with Crippen molar-refractivity contribution in [2.75, 3.05) is 206 Å². The van der Waals surface area contributed by atoms with Gasteiger partial charge in [0.15, 0.2) is 0 Å².